The van der Waals surface area contributed by atoms with Crippen molar-refractivity contribution in [3.8, 4) is 0 Å². The molecule has 0 saturated heterocycles. The largest absolute Gasteiger partial charge is 0.354 e. The molecule has 0 atom stereocenters. The molecule has 1 aromatic heterocycles. The zero-order valence-corrected chi connectivity index (χ0v) is 12.9. The van der Waals surface area contributed by atoms with Crippen LogP contribution in [-0.2, 0) is 17.8 Å². The number of halogens is 1. The summed E-state index contributed by atoms with van der Waals surface area (Å²) in [7, 11) is 0. The van der Waals surface area contributed by atoms with E-state index in [-0.39, 0.29) is 23.8 Å². The van der Waals surface area contributed by atoms with Gasteiger partial charge in [0.2, 0.25) is 5.91 Å². The summed E-state index contributed by atoms with van der Waals surface area (Å²) >= 11 is 0. The molecule has 1 N–H and O–H groups in total. The van der Waals surface area contributed by atoms with Crippen molar-refractivity contribution in [2.24, 2.45) is 0 Å². The van der Waals surface area contributed by atoms with Gasteiger partial charge in [-0.1, -0.05) is 30.3 Å². The Bertz CT molecular complexity index is 937. The Hall–Kier alpha value is -3.02. The lowest BCUT2D eigenvalue weighted by atomic mass is 10.1. The van der Waals surface area contributed by atoms with Crippen molar-refractivity contribution in [3.63, 3.8) is 0 Å². The lowest BCUT2D eigenvalue weighted by Gasteiger charge is -2.07. The third kappa shape index (κ3) is 3.65. The van der Waals surface area contributed by atoms with Gasteiger partial charge in [0, 0.05) is 11.9 Å². The molecule has 1 heterocycles. The van der Waals surface area contributed by atoms with Crippen LogP contribution in [0.25, 0.3) is 10.8 Å². The first-order valence-corrected chi connectivity index (χ1v) is 7.59. The maximum atomic E-state index is 13.1. The Labute approximate surface area is 137 Å². The van der Waals surface area contributed by atoms with Gasteiger partial charge in [-0.2, -0.15) is 5.10 Å². The number of aromatic nitrogens is 2. The molecule has 3 rings (SSSR count). The van der Waals surface area contributed by atoms with Crippen LogP contribution in [0.4, 0.5) is 4.39 Å². The van der Waals surface area contributed by atoms with Gasteiger partial charge in [0.15, 0.2) is 0 Å². The van der Waals surface area contributed by atoms with E-state index in [1.165, 1.54) is 12.1 Å². The van der Waals surface area contributed by atoms with E-state index in [4.69, 9.17) is 0 Å². The summed E-state index contributed by atoms with van der Waals surface area (Å²) in [4.78, 5) is 24.2. The molecule has 0 aliphatic rings. The Morgan fingerprint density at radius 1 is 1.17 bits per heavy atom. The maximum absolute atomic E-state index is 13.1. The van der Waals surface area contributed by atoms with Crippen molar-refractivity contribution >= 4 is 16.7 Å². The normalized spacial score (nSPS) is 10.7. The highest BCUT2D eigenvalue weighted by Gasteiger charge is 2.08. The van der Waals surface area contributed by atoms with Gasteiger partial charge in [0.05, 0.1) is 11.6 Å². The molecule has 1 amide bonds. The number of nitrogens with zero attached hydrogens (tertiary/aromatic N) is 2. The first kappa shape index (κ1) is 15.9. The molecule has 0 fully saturated rings. The summed E-state index contributed by atoms with van der Waals surface area (Å²) < 4.78 is 14.2. The molecular formula is C18H16FN3O2. The average Bonchev–Trinajstić information content (AvgIpc) is 2.58. The molecule has 0 aliphatic heterocycles. The molecular weight excluding hydrogens is 309 g/mol. The third-order valence-corrected chi connectivity index (χ3v) is 3.68. The Morgan fingerprint density at radius 3 is 2.83 bits per heavy atom. The smallest absolute Gasteiger partial charge is 0.275 e. The van der Waals surface area contributed by atoms with E-state index in [1.807, 2.05) is 6.07 Å². The third-order valence-electron chi connectivity index (χ3n) is 3.68. The molecule has 0 aliphatic carbocycles. The molecule has 5 nitrogen and oxygen atoms in total. The van der Waals surface area contributed by atoms with E-state index < -0.39 is 0 Å². The Morgan fingerprint density at radius 2 is 2.00 bits per heavy atom. The van der Waals surface area contributed by atoms with Gasteiger partial charge in [0.25, 0.3) is 5.56 Å². The highest BCUT2D eigenvalue weighted by atomic mass is 19.1. The molecule has 0 bridgehead atoms. The Kier molecular flexibility index (Phi) is 4.65. The summed E-state index contributed by atoms with van der Waals surface area (Å²) in [6.45, 7) is 0.220. The minimum absolute atomic E-state index is 0.146. The van der Waals surface area contributed by atoms with Gasteiger partial charge in [-0.25, -0.2) is 9.07 Å². The van der Waals surface area contributed by atoms with Gasteiger partial charge < -0.3 is 5.32 Å². The number of amides is 1. The van der Waals surface area contributed by atoms with E-state index in [2.05, 4.69) is 10.4 Å². The summed E-state index contributed by atoms with van der Waals surface area (Å²) in [5, 5.41) is 8.00. The van der Waals surface area contributed by atoms with E-state index >= 15 is 0 Å². The lowest BCUT2D eigenvalue weighted by molar-refractivity contribution is -0.121. The van der Waals surface area contributed by atoms with Gasteiger partial charge in [-0.3, -0.25) is 9.59 Å². The van der Waals surface area contributed by atoms with Crippen LogP contribution in [0, 0.1) is 5.82 Å². The van der Waals surface area contributed by atoms with E-state index in [9.17, 15) is 14.0 Å². The first-order valence-electron chi connectivity index (χ1n) is 7.59. The fourth-order valence-corrected chi connectivity index (χ4v) is 2.47. The van der Waals surface area contributed by atoms with Gasteiger partial charge in [-0.05, 0) is 30.2 Å². The second kappa shape index (κ2) is 7.04. The standard InChI is InChI=1S/C18H16FN3O2/c19-15-6-3-4-13(10-15)8-9-20-17(23)12-22-18(24)16-7-2-1-5-14(16)11-21-22/h1-7,10-11H,8-9,12H2,(H,20,23). The quantitative estimate of drug-likeness (QED) is 0.779. The predicted molar refractivity (Wildman–Crippen MR) is 89.1 cm³/mol. The minimum atomic E-state index is -0.309. The zero-order chi connectivity index (χ0) is 16.9. The van der Waals surface area contributed by atoms with Crippen molar-refractivity contribution in [1.29, 1.82) is 0 Å². The number of nitrogens with one attached hydrogen (secondary N) is 1. The molecule has 122 valence electrons. The highest BCUT2D eigenvalue weighted by Crippen LogP contribution is 2.06. The summed E-state index contributed by atoms with van der Waals surface area (Å²) in [5.41, 5.74) is 0.504. The van der Waals surface area contributed by atoms with Crippen LogP contribution in [0.3, 0.4) is 0 Å². The minimum Gasteiger partial charge on any atom is -0.354 e. The van der Waals surface area contributed by atoms with Gasteiger partial charge in [-0.15, -0.1) is 0 Å². The zero-order valence-electron chi connectivity index (χ0n) is 12.9. The number of rotatable bonds is 5. The number of fused-ring (bicyclic) bond motifs is 1. The molecule has 6 heteroatoms. The van der Waals surface area contributed by atoms with Gasteiger partial charge >= 0.3 is 0 Å². The molecule has 0 unspecified atom stereocenters. The van der Waals surface area contributed by atoms with Crippen LogP contribution in [0.2, 0.25) is 0 Å². The first-order chi connectivity index (χ1) is 11.6. The number of carbonyl (C=O) groups excluding carboxylic acids is 1. The molecule has 3 aromatic rings. The Balaban J connectivity index is 1.61. The van der Waals surface area contributed by atoms with Crippen LogP contribution in [0.5, 0.6) is 0 Å². The predicted octanol–water partition coefficient (Wildman–Crippen LogP) is 1.89. The van der Waals surface area contributed by atoms with Crippen molar-refractivity contribution in [3.05, 3.63) is 76.5 Å². The van der Waals surface area contributed by atoms with Crippen molar-refractivity contribution in [1.82, 2.24) is 15.1 Å². The second-order valence-corrected chi connectivity index (χ2v) is 5.42. The number of benzene rings is 2. The van der Waals surface area contributed by atoms with E-state index in [0.29, 0.717) is 18.4 Å². The van der Waals surface area contributed by atoms with Crippen molar-refractivity contribution in [2.45, 2.75) is 13.0 Å². The SMILES string of the molecule is O=C(Cn1ncc2ccccc2c1=O)NCCc1cccc(F)c1. The average molecular weight is 325 g/mol. The highest BCUT2D eigenvalue weighted by molar-refractivity contribution is 5.81. The van der Waals surface area contributed by atoms with Gasteiger partial charge in [0.1, 0.15) is 12.4 Å². The maximum Gasteiger partial charge on any atom is 0.275 e. The monoisotopic (exact) mass is 325 g/mol. The molecule has 0 spiro atoms. The number of carbonyl (C=O) groups is 1. The summed E-state index contributed by atoms with van der Waals surface area (Å²) in [5.74, 6) is -0.609. The van der Waals surface area contributed by atoms with E-state index in [1.54, 1.807) is 36.5 Å². The molecule has 0 radical (unpaired) electrons. The van der Waals surface area contributed by atoms with Crippen LogP contribution in [0.1, 0.15) is 5.56 Å². The van der Waals surface area contributed by atoms with E-state index in [0.717, 1.165) is 15.6 Å². The fraction of sp³-hybridized carbons (Fsp3) is 0.167. The second-order valence-electron chi connectivity index (χ2n) is 5.42. The van der Waals surface area contributed by atoms with Crippen molar-refractivity contribution < 1.29 is 9.18 Å². The topological polar surface area (TPSA) is 64.0 Å². The van der Waals surface area contributed by atoms with Crippen LogP contribution in [0.15, 0.2) is 59.5 Å². The summed E-state index contributed by atoms with van der Waals surface area (Å²) in [6, 6.07) is 13.3. The molecule has 2 aromatic carbocycles. The number of hydrogen-bond donors (Lipinski definition) is 1. The van der Waals surface area contributed by atoms with Crippen molar-refractivity contribution in [2.75, 3.05) is 6.54 Å². The van der Waals surface area contributed by atoms with Crippen LogP contribution >= 0.6 is 0 Å². The lowest BCUT2D eigenvalue weighted by Crippen LogP contribution is -2.34. The molecule has 0 saturated carbocycles. The molecule has 24 heavy (non-hydrogen) atoms. The van der Waals surface area contributed by atoms with Crippen LogP contribution in [-0.4, -0.2) is 22.2 Å². The number of hydrogen-bond acceptors (Lipinski definition) is 3. The fourth-order valence-electron chi connectivity index (χ4n) is 2.47. The van der Waals surface area contributed by atoms with Crippen LogP contribution < -0.4 is 10.9 Å². The summed E-state index contributed by atoms with van der Waals surface area (Å²) in [6.07, 6.45) is 2.08.